The minimum absolute atomic E-state index is 0.0494. The van der Waals surface area contributed by atoms with Crippen LogP contribution in [0.15, 0.2) is 18.3 Å². The third-order valence-corrected chi connectivity index (χ3v) is 4.87. The van der Waals surface area contributed by atoms with Gasteiger partial charge in [0.2, 0.25) is 0 Å². The van der Waals surface area contributed by atoms with Crippen LogP contribution in [0.25, 0.3) is 0 Å². The zero-order valence-electron chi connectivity index (χ0n) is 13.6. The van der Waals surface area contributed by atoms with Gasteiger partial charge in [0.25, 0.3) is 0 Å². The molecule has 2 fully saturated rings. The molecule has 1 aromatic rings. The number of nitrogens with zero attached hydrogens (tertiary/aromatic N) is 3. The number of halogens is 3. The fraction of sp³-hybridized carbons (Fsp3) is 0.688. The zero-order valence-corrected chi connectivity index (χ0v) is 13.6. The van der Waals surface area contributed by atoms with Crippen molar-refractivity contribution in [3.63, 3.8) is 0 Å². The van der Waals surface area contributed by atoms with Gasteiger partial charge in [-0.2, -0.15) is 13.2 Å². The summed E-state index contributed by atoms with van der Waals surface area (Å²) in [6, 6.07) is 2.32. The highest BCUT2D eigenvalue weighted by Crippen LogP contribution is 2.36. The molecule has 2 saturated heterocycles. The molecule has 0 aliphatic carbocycles. The molecule has 9 heteroatoms. The summed E-state index contributed by atoms with van der Waals surface area (Å²) in [7, 11) is 0. The smallest absolute Gasteiger partial charge is 0.389 e. The number of alkyl halides is 3. The van der Waals surface area contributed by atoms with E-state index in [9.17, 15) is 28.5 Å². The molecule has 2 aliphatic heterocycles. The van der Waals surface area contributed by atoms with Crippen LogP contribution in [0.1, 0.15) is 12.0 Å². The number of β-amino-alcohol motifs (C(OH)–C–C–N with tert-alkyl or cyclic N) is 2. The molecule has 6 nitrogen and oxygen atoms in total. The molecule has 3 heterocycles. The number of rotatable bonds is 3. The Bertz CT molecular complexity index is 589. The van der Waals surface area contributed by atoms with E-state index in [4.69, 9.17) is 0 Å². The summed E-state index contributed by atoms with van der Waals surface area (Å²) < 4.78 is 39.4. The van der Waals surface area contributed by atoms with Crippen LogP contribution in [0.3, 0.4) is 0 Å². The number of hydrogen-bond acceptors (Lipinski definition) is 6. The van der Waals surface area contributed by atoms with Gasteiger partial charge in [-0.1, -0.05) is 0 Å². The minimum atomic E-state index is -4.45. The second-order valence-corrected chi connectivity index (χ2v) is 6.82. The Kier molecular flexibility index (Phi) is 5.19. The first-order chi connectivity index (χ1) is 11.8. The van der Waals surface area contributed by atoms with Crippen LogP contribution in [0.2, 0.25) is 0 Å². The monoisotopic (exact) mass is 361 g/mol. The van der Waals surface area contributed by atoms with Crippen molar-refractivity contribution in [3.05, 3.63) is 23.9 Å². The summed E-state index contributed by atoms with van der Waals surface area (Å²) in [5, 5.41) is 29.1. The summed E-state index contributed by atoms with van der Waals surface area (Å²) in [5.41, 5.74) is -0.734. The van der Waals surface area contributed by atoms with Gasteiger partial charge in [0.05, 0.1) is 17.8 Å². The number of anilines is 1. The number of aliphatic hydroxyl groups is 3. The maximum Gasteiger partial charge on any atom is 0.419 e. The van der Waals surface area contributed by atoms with E-state index in [1.165, 1.54) is 12.3 Å². The summed E-state index contributed by atoms with van der Waals surface area (Å²) in [6.07, 6.45) is -5.57. The molecule has 1 unspecified atom stereocenters. The normalized spacial score (nSPS) is 31.5. The Morgan fingerprint density at radius 3 is 2.44 bits per heavy atom. The maximum atomic E-state index is 13.1. The number of aromatic nitrogens is 1. The van der Waals surface area contributed by atoms with Gasteiger partial charge in [0.1, 0.15) is 11.9 Å². The van der Waals surface area contributed by atoms with Crippen molar-refractivity contribution in [2.45, 2.75) is 30.9 Å². The Morgan fingerprint density at radius 1 is 1.12 bits per heavy atom. The molecule has 0 radical (unpaired) electrons. The van der Waals surface area contributed by atoms with E-state index >= 15 is 0 Å². The molecule has 3 rings (SSSR count). The van der Waals surface area contributed by atoms with Gasteiger partial charge >= 0.3 is 6.18 Å². The molecule has 0 spiro atoms. The van der Waals surface area contributed by atoms with Gasteiger partial charge in [-0.05, 0) is 24.5 Å². The first-order valence-corrected chi connectivity index (χ1v) is 8.29. The van der Waals surface area contributed by atoms with Crippen LogP contribution < -0.4 is 4.90 Å². The summed E-state index contributed by atoms with van der Waals surface area (Å²) in [6.45, 7) is 1.95. The van der Waals surface area contributed by atoms with Gasteiger partial charge in [0, 0.05) is 38.9 Å². The molecular weight excluding hydrogens is 339 g/mol. The van der Waals surface area contributed by atoms with E-state index < -0.39 is 30.1 Å². The van der Waals surface area contributed by atoms with Crippen molar-refractivity contribution in [3.8, 4) is 0 Å². The Hall–Kier alpha value is -1.42. The molecule has 140 valence electrons. The maximum absolute atomic E-state index is 13.1. The predicted molar refractivity (Wildman–Crippen MR) is 84.0 cm³/mol. The quantitative estimate of drug-likeness (QED) is 0.720. The Labute approximate surface area is 143 Å². The van der Waals surface area contributed by atoms with E-state index in [1.54, 1.807) is 4.90 Å². The molecular formula is C16H22F3N3O3. The lowest BCUT2D eigenvalue weighted by Gasteiger charge is -2.38. The average Bonchev–Trinajstić information content (AvgIpc) is 3.00. The number of likely N-dealkylation sites (tertiary alicyclic amines) is 1. The number of hydrogen-bond donors (Lipinski definition) is 3. The van der Waals surface area contributed by atoms with Gasteiger partial charge in [-0.15, -0.1) is 0 Å². The predicted octanol–water partition coefficient (Wildman–Crippen LogP) is 0.325. The van der Waals surface area contributed by atoms with Gasteiger partial charge in [-0.3, -0.25) is 4.90 Å². The van der Waals surface area contributed by atoms with Crippen molar-refractivity contribution in [1.29, 1.82) is 0 Å². The first kappa shape index (κ1) is 18.4. The third kappa shape index (κ3) is 4.05. The topological polar surface area (TPSA) is 80.1 Å². The standard InChI is InChI=1S/C16H22F3N3O3/c17-16(18,19)11-2-1-4-20-15(11)22-5-3-10(7-22)6-21-8-12(23)14(25)13(24)9-21/h1-2,4,10,12-14,23-25H,3,5-9H2/t10-,12-,13+,14?/m1/s1. The van der Waals surface area contributed by atoms with Crippen molar-refractivity contribution in [2.75, 3.05) is 37.6 Å². The van der Waals surface area contributed by atoms with Gasteiger partial charge in [-0.25, -0.2) is 4.98 Å². The second kappa shape index (κ2) is 7.06. The summed E-state index contributed by atoms with van der Waals surface area (Å²) >= 11 is 0. The lowest BCUT2D eigenvalue weighted by Crippen LogP contribution is -2.56. The van der Waals surface area contributed by atoms with Crippen LogP contribution in [0.4, 0.5) is 19.0 Å². The fourth-order valence-corrected chi connectivity index (χ4v) is 3.63. The Morgan fingerprint density at radius 2 is 1.80 bits per heavy atom. The van der Waals surface area contributed by atoms with E-state index in [2.05, 4.69) is 4.98 Å². The van der Waals surface area contributed by atoms with Crippen LogP contribution in [-0.4, -0.2) is 76.2 Å². The lowest BCUT2D eigenvalue weighted by atomic mass is 10.00. The highest BCUT2D eigenvalue weighted by molar-refractivity contribution is 5.49. The summed E-state index contributed by atoms with van der Waals surface area (Å²) in [4.78, 5) is 7.41. The molecule has 0 bridgehead atoms. The van der Waals surface area contributed by atoms with Crippen LogP contribution in [-0.2, 0) is 6.18 Å². The van der Waals surface area contributed by atoms with E-state index in [1.807, 2.05) is 4.90 Å². The highest BCUT2D eigenvalue weighted by atomic mass is 19.4. The van der Waals surface area contributed by atoms with Crippen molar-refractivity contribution >= 4 is 5.82 Å². The molecule has 25 heavy (non-hydrogen) atoms. The fourth-order valence-electron chi connectivity index (χ4n) is 3.63. The number of aliphatic hydroxyl groups excluding tert-OH is 3. The molecule has 4 atom stereocenters. The molecule has 3 N–H and O–H groups in total. The second-order valence-electron chi connectivity index (χ2n) is 6.82. The Balaban J connectivity index is 1.63. The van der Waals surface area contributed by atoms with E-state index in [0.717, 1.165) is 6.07 Å². The lowest BCUT2D eigenvalue weighted by molar-refractivity contribution is -0.137. The van der Waals surface area contributed by atoms with E-state index in [-0.39, 0.29) is 24.8 Å². The van der Waals surface area contributed by atoms with Crippen LogP contribution >= 0.6 is 0 Å². The highest BCUT2D eigenvalue weighted by Gasteiger charge is 2.38. The SMILES string of the molecule is OC1[C@H](O)CN(C[C@H]2CCN(c3ncccc3C(F)(F)F)C2)C[C@@H]1O. The van der Waals surface area contributed by atoms with Gasteiger partial charge in [0.15, 0.2) is 0 Å². The number of pyridine rings is 1. The van der Waals surface area contributed by atoms with Gasteiger partial charge < -0.3 is 20.2 Å². The molecule has 1 aromatic heterocycles. The third-order valence-electron chi connectivity index (χ3n) is 4.87. The van der Waals surface area contributed by atoms with Crippen LogP contribution in [0, 0.1) is 5.92 Å². The van der Waals surface area contributed by atoms with E-state index in [0.29, 0.717) is 26.1 Å². The van der Waals surface area contributed by atoms with Crippen molar-refractivity contribution < 1.29 is 28.5 Å². The first-order valence-electron chi connectivity index (χ1n) is 8.29. The zero-order chi connectivity index (χ0) is 18.2. The van der Waals surface area contributed by atoms with Crippen molar-refractivity contribution in [1.82, 2.24) is 9.88 Å². The molecule has 2 aliphatic rings. The molecule has 0 aromatic carbocycles. The largest absolute Gasteiger partial charge is 0.419 e. The molecule has 0 amide bonds. The molecule has 0 saturated carbocycles. The van der Waals surface area contributed by atoms with Crippen LogP contribution in [0.5, 0.6) is 0 Å². The number of piperidine rings is 1. The summed E-state index contributed by atoms with van der Waals surface area (Å²) in [5.74, 6) is 0.0596. The van der Waals surface area contributed by atoms with Crippen molar-refractivity contribution in [2.24, 2.45) is 5.92 Å². The minimum Gasteiger partial charge on any atom is -0.389 e. The average molecular weight is 361 g/mol.